The maximum absolute atomic E-state index is 12.7. The van der Waals surface area contributed by atoms with Gasteiger partial charge in [-0.1, -0.05) is 35.6 Å². The predicted molar refractivity (Wildman–Crippen MR) is 166 cm³/mol. The van der Waals surface area contributed by atoms with E-state index in [9.17, 15) is 13.2 Å². The first kappa shape index (κ1) is 27.4. The van der Waals surface area contributed by atoms with E-state index in [2.05, 4.69) is 61.1 Å². The first-order valence-electron chi connectivity index (χ1n) is 13.5. The molecule has 1 aliphatic rings. The standard InChI is InChI=1S/C31H28F3N7S/c32-31(33,34)21-7-9-22(10-8-21)35-36-23-11-13-24(14-12-23)37-38-27-15-16-28(26-6-2-1-5-25(26)27)39-40-29-17-18-30(42-29)41-19-3-4-20-41/h1-2,5-18,37-40H,3-4,19-20H2/b36-35+. The summed E-state index contributed by atoms with van der Waals surface area (Å²) in [4.78, 5) is 2.43. The fourth-order valence-corrected chi connectivity index (χ4v) is 5.64. The fraction of sp³-hybridized carbons (Fsp3) is 0.161. The van der Waals surface area contributed by atoms with Gasteiger partial charge >= 0.3 is 6.18 Å². The lowest BCUT2D eigenvalue weighted by atomic mass is 10.1. The average molecular weight is 588 g/mol. The Hall–Kier alpha value is -4.77. The summed E-state index contributed by atoms with van der Waals surface area (Å²) in [5.74, 6) is 0. The summed E-state index contributed by atoms with van der Waals surface area (Å²) >= 11 is 1.75. The molecule has 0 atom stereocenters. The van der Waals surface area contributed by atoms with Crippen LogP contribution in [0.5, 0.6) is 0 Å². The van der Waals surface area contributed by atoms with Crippen molar-refractivity contribution in [2.45, 2.75) is 19.0 Å². The van der Waals surface area contributed by atoms with Crippen molar-refractivity contribution in [3.63, 3.8) is 0 Å². The van der Waals surface area contributed by atoms with E-state index in [0.29, 0.717) is 11.4 Å². The fourth-order valence-electron chi connectivity index (χ4n) is 4.73. The number of hydrazine groups is 2. The number of nitrogens with zero attached hydrogens (tertiary/aromatic N) is 3. The molecule has 0 amide bonds. The monoisotopic (exact) mass is 587 g/mol. The van der Waals surface area contributed by atoms with Gasteiger partial charge in [0.1, 0.15) is 5.00 Å². The Kier molecular flexibility index (Phi) is 7.83. The van der Waals surface area contributed by atoms with E-state index in [1.807, 2.05) is 36.4 Å². The number of thiophene rings is 1. The molecule has 1 saturated heterocycles. The Morgan fingerprint density at radius 1 is 0.619 bits per heavy atom. The van der Waals surface area contributed by atoms with Crippen LogP contribution >= 0.6 is 11.3 Å². The topological polar surface area (TPSA) is 76.1 Å². The Morgan fingerprint density at radius 3 is 1.79 bits per heavy atom. The highest BCUT2D eigenvalue weighted by Crippen LogP contribution is 2.34. The van der Waals surface area contributed by atoms with Crippen molar-refractivity contribution in [3.8, 4) is 0 Å². The maximum atomic E-state index is 12.7. The summed E-state index contributed by atoms with van der Waals surface area (Å²) in [7, 11) is 0. The molecule has 0 saturated carbocycles. The minimum atomic E-state index is -4.38. The molecule has 5 aromatic rings. The van der Waals surface area contributed by atoms with E-state index in [4.69, 9.17) is 0 Å². The minimum absolute atomic E-state index is 0.342. The molecule has 0 bridgehead atoms. The van der Waals surface area contributed by atoms with E-state index in [-0.39, 0.29) is 0 Å². The van der Waals surface area contributed by atoms with Crippen molar-refractivity contribution >= 4 is 60.5 Å². The summed E-state index contributed by atoms with van der Waals surface area (Å²) in [5.41, 5.74) is 16.1. The third kappa shape index (κ3) is 6.41. The molecule has 1 aromatic heterocycles. The lowest BCUT2D eigenvalue weighted by molar-refractivity contribution is -0.137. The SMILES string of the molecule is FC(F)(F)c1ccc(/N=N/c2ccc(NNc3ccc(NNc4ccc(N5CCCC5)s4)c4ccccc34)cc2)cc1. The number of halogens is 3. The zero-order chi connectivity index (χ0) is 28.9. The second-order valence-electron chi connectivity index (χ2n) is 9.83. The maximum Gasteiger partial charge on any atom is 0.416 e. The van der Waals surface area contributed by atoms with Gasteiger partial charge in [-0.2, -0.15) is 23.4 Å². The molecule has 42 heavy (non-hydrogen) atoms. The largest absolute Gasteiger partial charge is 0.416 e. The molecule has 6 rings (SSSR count). The third-order valence-electron chi connectivity index (χ3n) is 6.94. The zero-order valence-corrected chi connectivity index (χ0v) is 23.3. The number of nitrogens with one attached hydrogen (secondary N) is 4. The molecular formula is C31H28F3N7S. The molecule has 214 valence electrons. The third-order valence-corrected chi connectivity index (χ3v) is 8.00. The summed E-state index contributed by atoms with van der Waals surface area (Å²) in [6, 6.07) is 28.3. The Balaban J connectivity index is 1.08. The highest BCUT2D eigenvalue weighted by Gasteiger charge is 2.29. The van der Waals surface area contributed by atoms with E-state index in [0.717, 1.165) is 58.1 Å². The first-order chi connectivity index (χ1) is 20.4. The van der Waals surface area contributed by atoms with Crippen LogP contribution in [0.25, 0.3) is 10.8 Å². The van der Waals surface area contributed by atoms with Crippen molar-refractivity contribution in [1.82, 2.24) is 0 Å². The van der Waals surface area contributed by atoms with Crippen molar-refractivity contribution in [2.24, 2.45) is 10.2 Å². The Labute approximate surface area is 245 Å². The van der Waals surface area contributed by atoms with Gasteiger partial charge in [0.05, 0.1) is 39.0 Å². The molecule has 0 aliphatic carbocycles. The van der Waals surface area contributed by atoms with E-state index in [1.165, 1.54) is 30.0 Å². The Morgan fingerprint density at radius 2 is 1.19 bits per heavy atom. The van der Waals surface area contributed by atoms with Gasteiger partial charge in [-0.05, 0) is 85.6 Å². The van der Waals surface area contributed by atoms with Gasteiger partial charge in [0, 0.05) is 23.9 Å². The van der Waals surface area contributed by atoms with Crippen LogP contribution in [0.15, 0.2) is 107 Å². The van der Waals surface area contributed by atoms with Crippen LogP contribution in [-0.4, -0.2) is 13.1 Å². The van der Waals surface area contributed by atoms with Crippen LogP contribution in [0.3, 0.4) is 0 Å². The molecule has 4 aromatic carbocycles. The molecule has 11 heteroatoms. The molecule has 2 heterocycles. The van der Waals surface area contributed by atoms with E-state index in [1.54, 1.807) is 23.5 Å². The molecule has 1 aliphatic heterocycles. The van der Waals surface area contributed by atoms with Gasteiger partial charge < -0.3 is 15.8 Å². The summed E-state index contributed by atoms with van der Waals surface area (Å²) in [6.07, 6.45) is -1.87. The van der Waals surface area contributed by atoms with Crippen molar-refractivity contribution in [1.29, 1.82) is 0 Å². The summed E-state index contributed by atoms with van der Waals surface area (Å²) < 4.78 is 38.2. The van der Waals surface area contributed by atoms with Crippen LogP contribution in [0.1, 0.15) is 18.4 Å². The van der Waals surface area contributed by atoms with Crippen molar-refractivity contribution in [3.05, 3.63) is 103 Å². The first-order valence-corrected chi connectivity index (χ1v) is 14.3. The van der Waals surface area contributed by atoms with Gasteiger partial charge in [0.15, 0.2) is 0 Å². The number of fused-ring (bicyclic) bond motifs is 1. The normalized spacial score (nSPS) is 13.5. The van der Waals surface area contributed by atoms with Crippen LogP contribution < -0.4 is 26.6 Å². The smallest absolute Gasteiger partial charge is 0.363 e. The lowest BCUT2D eigenvalue weighted by Crippen LogP contribution is -2.15. The number of anilines is 5. The van der Waals surface area contributed by atoms with Crippen molar-refractivity contribution < 1.29 is 13.2 Å². The Bertz CT molecular complexity index is 1680. The summed E-state index contributed by atoms with van der Waals surface area (Å²) in [6.45, 7) is 2.25. The van der Waals surface area contributed by atoms with Gasteiger partial charge in [0.25, 0.3) is 0 Å². The average Bonchev–Trinajstić information content (AvgIpc) is 3.71. The summed E-state index contributed by atoms with van der Waals surface area (Å²) in [5, 5.41) is 12.6. The second-order valence-corrected chi connectivity index (χ2v) is 10.9. The molecular weight excluding hydrogens is 559 g/mol. The minimum Gasteiger partial charge on any atom is -0.363 e. The molecule has 0 unspecified atom stereocenters. The van der Waals surface area contributed by atoms with Gasteiger partial charge in [0.2, 0.25) is 0 Å². The van der Waals surface area contributed by atoms with Crippen LogP contribution in [-0.2, 0) is 6.18 Å². The van der Waals surface area contributed by atoms with Gasteiger partial charge in [-0.3, -0.25) is 10.9 Å². The molecule has 4 N–H and O–H groups in total. The number of hydrogen-bond acceptors (Lipinski definition) is 8. The quantitative estimate of drug-likeness (QED) is 0.102. The number of alkyl halides is 3. The molecule has 7 nitrogen and oxygen atoms in total. The number of azo groups is 1. The molecule has 0 radical (unpaired) electrons. The van der Waals surface area contributed by atoms with E-state index < -0.39 is 11.7 Å². The zero-order valence-electron chi connectivity index (χ0n) is 22.4. The lowest BCUT2D eigenvalue weighted by Gasteiger charge is -2.16. The predicted octanol–water partition coefficient (Wildman–Crippen LogP) is 9.81. The van der Waals surface area contributed by atoms with Gasteiger partial charge in [-0.25, -0.2) is 0 Å². The highest BCUT2D eigenvalue weighted by atomic mass is 32.1. The number of benzene rings is 4. The van der Waals surface area contributed by atoms with Gasteiger partial charge in [-0.15, -0.1) is 0 Å². The molecule has 1 fully saturated rings. The van der Waals surface area contributed by atoms with Crippen LogP contribution in [0.2, 0.25) is 0 Å². The van der Waals surface area contributed by atoms with Crippen molar-refractivity contribution in [2.75, 3.05) is 39.7 Å². The highest BCUT2D eigenvalue weighted by molar-refractivity contribution is 7.20. The van der Waals surface area contributed by atoms with E-state index >= 15 is 0 Å². The number of hydrogen-bond donors (Lipinski definition) is 4. The van der Waals surface area contributed by atoms with Crippen LogP contribution in [0.4, 0.5) is 51.6 Å². The second kappa shape index (κ2) is 12.0. The molecule has 0 spiro atoms. The number of rotatable bonds is 9. The van der Waals surface area contributed by atoms with Crippen LogP contribution in [0, 0.1) is 0 Å².